The van der Waals surface area contributed by atoms with E-state index in [9.17, 15) is 10.1 Å². The molecule has 0 aromatic heterocycles. The topological polar surface area (TPSA) is 61.6 Å². The molecule has 0 saturated heterocycles. The summed E-state index contributed by atoms with van der Waals surface area (Å²) in [5.74, 6) is 0.918. The molecule has 21 heavy (non-hydrogen) atoms. The minimum absolute atomic E-state index is 0.155. The van der Waals surface area contributed by atoms with Crippen molar-refractivity contribution in [3.63, 3.8) is 0 Å². The zero-order valence-electron chi connectivity index (χ0n) is 11.4. The Morgan fingerprint density at radius 1 is 1.14 bits per heavy atom. The molecule has 0 bridgehead atoms. The molecule has 6 heteroatoms. The molecule has 0 atom stereocenters. The standard InChI is InChI=1S/C15H14ClNO4/c1-11-3-2-4-13(9-11)20-7-8-21-15-6-5-12(16)10-14(15)17(18)19/h2-6,9-10H,7-8H2,1H3. The molecule has 110 valence electrons. The molecule has 0 amide bonds. The molecule has 0 fully saturated rings. The molecule has 5 nitrogen and oxygen atoms in total. The van der Waals surface area contributed by atoms with Crippen molar-refractivity contribution in [2.75, 3.05) is 13.2 Å². The second kappa shape index (κ2) is 6.95. The van der Waals surface area contributed by atoms with Crippen LogP contribution in [0.5, 0.6) is 11.5 Å². The Morgan fingerprint density at radius 2 is 1.90 bits per heavy atom. The van der Waals surface area contributed by atoms with Gasteiger partial charge in [0.1, 0.15) is 19.0 Å². The minimum Gasteiger partial charge on any atom is -0.490 e. The first-order valence-electron chi connectivity index (χ1n) is 6.32. The fourth-order valence-corrected chi connectivity index (χ4v) is 1.94. The molecule has 0 radical (unpaired) electrons. The van der Waals surface area contributed by atoms with Gasteiger partial charge in [-0.3, -0.25) is 10.1 Å². The summed E-state index contributed by atoms with van der Waals surface area (Å²) in [5.41, 5.74) is 0.944. The van der Waals surface area contributed by atoms with E-state index >= 15 is 0 Å². The SMILES string of the molecule is Cc1cccc(OCCOc2ccc(Cl)cc2[N+](=O)[O-])c1. The molecule has 0 aliphatic heterocycles. The molecule has 0 heterocycles. The van der Waals surface area contributed by atoms with E-state index in [1.54, 1.807) is 6.07 Å². The Hall–Kier alpha value is -2.27. The summed E-state index contributed by atoms with van der Waals surface area (Å²) in [6.07, 6.45) is 0. The number of hydrogen-bond acceptors (Lipinski definition) is 4. The maximum Gasteiger partial charge on any atom is 0.312 e. The average molecular weight is 308 g/mol. The zero-order valence-corrected chi connectivity index (χ0v) is 12.2. The summed E-state index contributed by atoms with van der Waals surface area (Å²) in [7, 11) is 0. The van der Waals surface area contributed by atoms with Gasteiger partial charge in [-0.15, -0.1) is 0 Å². The number of ether oxygens (including phenoxy) is 2. The van der Waals surface area contributed by atoms with Crippen LogP contribution < -0.4 is 9.47 Å². The fourth-order valence-electron chi connectivity index (χ4n) is 1.77. The van der Waals surface area contributed by atoms with Crippen molar-refractivity contribution in [3.05, 3.63) is 63.2 Å². The fraction of sp³-hybridized carbons (Fsp3) is 0.200. The van der Waals surface area contributed by atoms with Gasteiger partial charge in [0.25, 0.3) is 0 Å². The average Bonchev–Trinajstić information content (AvgIpc) is 2.44. The van der Waals surface area contributed by atoms with Gasteiger partial charge >= 0.3 is 5.69 Å². The van der Waals surface area contributed by atoms with Crippen molar-refractivity contribution in [3.8, 4) is 11.5 Å². The van der Waals surface area contributed by atoms with Crippen LogP contribution in [0.1, 0.15) is 5.56 Å². The Morgan fingerprint density at radius 3 is 2.62 bits per heavy atom. The van der Waals surface area contributed by atoms with Crippen molar-refractivity contribution >= 4 is 17.3 Å². The van der Waals surface area contributed by atoms with E-state index in [0.717, 1.165) is 11.3 Å². The molecule has 2 rings (SSSR count). The number of aryl methyl sites for hydroxylation is 1. The van der Waals surface area contributed by atoms with E-state index in [0.29, 0.717) is 11.6 Å². The largest absolute Gasteiger partial charge is 0.490 e. The number of nitro benzene ring substituents is 1. The molecular weight excluding hydrogens is 294 g/mol. The van der Waals surface area contributed by atoms with Crippen molar-refractivity contribution < 1.29 is 14.4 Å². The maximum absolute atomic E-state index is 10.9. The summed E-state index contributed by atoms with van der Waals surface area (Å²) in [6, 6.07) is 11.9. The molecule has 0 saturated carbocycles. The lowest BCUT2D eigenvalue weighted by Crippen LogP contribution is -2.10. The third-order valence-electron chi connectivity index (χ3n) is 2.72. The highest BCUT2D eigenvalue weighted by Gasteiger charge is 2.15. The molecule has 0 aliphatic carbocycles. The van der Waals surface area contributed by atoms with Crippen LogP contribution in [0.3, 0.4) is 0 Å². The van der Waals surface area contributed by atoms with E-state index in [1.807, 2.05) is 31.2 Å². The molecular formula is C15H14ClNO4. The minimum atomic E-state index is -0.525. The quantitative estimate of drug-likeness (QED) is 0.459. The summed E-state index contributed by atoms with van der Waals surface area (Å²) in [4.78, 5) is 10.4. The summed E-state index contributed by atoms with van der Waals surface area (Å²) >= 11 is 5.73. The second-order valence-electron chi connectivity index (χ2n) is 4.38. The summed E-state index contributed by atoms with van der Waals surface area (Å²) in [5, 5.41) is 11.2. The highest BCUT2D eigenvalue weighted by molar-refractivity contribution is 6.30. The van der Waals surface area contributed by atoms with Crippen LogP contribution in [0.4, 0.5) is 5.69 Å². The highest BCUT2D eigenvalue weighted by Crippen LogP contribution is 2.29. The molecule has 2 aromatic rings. The number of nitro groups is 1. The van der Waals surface area contributed by atoms with E-state index in [1.165, 1.54) is 12.1 Å². The van der Waals surface area contributed by atoms with E-state index in [-0.39, 0.29) is 18.0 Å². The lowest BCUT2D eigenvalue weighted by atomic mass is 10.2. The van der Waals surface area contributed by atoms with E-state index in [2.05, 4.69) is 0 Å². The summed E-state index contributed by atoms with van der Waals surface area (Å²) < 4.78 is 10.9. The van der Waals surface area contributed by atoms with Crippen LogP contribution in [0.15, 0.2) is 42.5 Å². The molecule has 0 unspecified atom stereocenters. The summed E-state index contributed by atoms with van der Waals surface area (Å²) in [6.45, 7) is 2.47. The first kappa shape index (κ1) is 15.1. The van der Waals surface area contributed by atoms with Gasteiger partial charge in [0.15, 0.2) is 5.75 Å². The monoisotopic (exact) mass is 307 g/mol. The van der Waals surface area contributed by atoms with Crippen LogP contribution in [0, 0.1) is 17.0 Å². The third-order valence-corrected chi connectivity index (χ3v) is 2.95. The van der Waals surface area contributed by atoms with Gasteiger partial charge in [0.2, 0.25) is 0 Å². The first-order valence-corrected chi connectivity index (χ1v) is 6.70. The Kier molecular flexibility index (Phi) is 5.00. The predicted octanol–water partition coefficient (Wildman–Crippen LogP) is 4.01. The van der Waals surface area contributed by atoms with Gasteiger partial charge < -0.3 is 9.47 Å². The second-order valence-corrected chi connectivity index (χ2v) is 4.82. The van der Waals surface area contributed by atoms with Crippen LogP contribution in [0.2, 0.25) is 5.02 Å². The number of halogens is 1. The van der Waals surface area contributed by atoms with Gasteiger partial charge in [-0.25, -0.2) is 0 Å². The van der Waals surface area contributed by atoms with Crippen LogP contribution in [0.25, 0.3) is 0 Å². The maximum atomic E-state index is 10.9. The molecule has 0 spiro atoms. The Bertz CT molecular complexity index is 645. The highest BCUT2D eigenvalue weighted by atomic mass is 35.5. The van der Waals surface area contributed by atoms with Gasteiger partial charge in [-0.05, 0) is 36.8 Å². The number of hydrogen-bond donors (Lipinski definition) is 0. The Labute approximate surface area is 127 Å². The van der Waals surface area contributed by atoms with Crippen molar-refractivity contribution in [1.82, 2.24) is 0 Å². The van der Waals surface area contributed by atoms with Crippen LogP contribution >= 0.6 is 11.6 Å². The van der Waals surface area contributed by atoms with E-state index < -0.39 is 4.92 Å². The number of nitrogens with zero attached hydrogens (tertiary/aromatic N) is 1. The molecule has 2 aromatic carbocycles. The lowest BCUT2D eigenvalue weighted by Gasteiger charge is -2.09. The van der Waals surface area contributed by atoms with Crippen molar-refractivity contribution in [1.29, 1.82) is 0 Å². The van der Waals surface area contributed by atoms with Gasteiger partial charge in [-0.2, -0.15) is 0 Å². The van der Waals surface area contributed by atoms with Gasteiger partial charge in [-0.1, -0.05) is 23.7 Å². The number of benzene rings is 2. The Balaban J connectivity index is 1.90. The van der Waals surface area contributed by atoms with Gasteiger partial charge in [0.05, 0.1) is 4.92 Å². The van der Waals surface area contributed by atoms with E-state index in [4.69, 9.17) is 21.1 Å². The zero-order chi connectivity index (χ0) is 15.2. The third kappa shape index (κ3) is 4.36. The normalized spacial score (nSPS) is 10.2. The van der Waals surface area contributed by atoms with Crippen molar-refractivity contribution in [2.45, 2.75) is 6.92 Å². The number of rotatable bonds is 6. The molecule has 0 N–H and O–H groups in total. The van der Waals surface area contributed by atoms with Crippen LogP contribution in [-0.4, -0.2) is 18.1 Å². The van der Waals surface area contributed by atoms with Crippen LogP contribution in [-0.2, 0) is 0 Å². The van der Waals surface area contributed by atoms with Crippen molar-refractivity contribution in [2.24, 2.45) is 0 Å². The predicted molar refractivity (Wildman–Crippen MR) is 80.3 cm³/mol. The molecule has 0 aliphatic rings. The van der Waals surface area contributed by atoms with Gasteiger partial charge in [0, 0.05) is 11.1 Å². The smallest absolute Gasteiger partial charge is 0.312 e. The lowest BCUT2D eigenvalue weighted by molar-refractivity contribution is -0.385. The first-order chi connectivity index (χ1) is 10.1.